The Morgan fingerprint density at radius 1 is 1.18 bits per heavy atom. The number of fused-ring (bicyclic) bond motifs is 7. The van der Waals surface area contributed by atoms with E-state index in [0.29, 0.717) is 17.8 Å². The molecule has 0 radical (unpaired) electrons. The largest absolute Gasteiger partial charge is 0.459 e. The van der Waals surface area contributed by atoms with Crippen LogP contribution in [0.2, 0.25) is 0 Å². The molecule has 0 aliphatic heterocycles. The van der Waals surface area contributed by atoms with E-state index in [1.807, 2.05) is 0 Å². The van der Waals surface area contributed by atoms with E-state index < -0.39 is 0 Å². The summed E-state index contributed by atoms with van der Waals surface area (Å²) in [6, 6.07) is 0. The molecule has 0 N–H and O–H groups in total. The van der Waals surface area contributed by atoms with Crippen LogP contribution < -0.4 is 0 Å². The van der Waals surface area contributed by atoms with E-state index in [0.717, 1.165) is 37.0 Å². The fourth-order valence-electron chi connectivity index (χ4n) is 7.14. The highest BCUT2D eigenvalue weighted by atomic mass is 16.6. The van der Waals surface area contributed by atoms with Crippen LogP contribution in [0.25, 0.3) is 0 Å². The molecular weight excluding hydrogens is 272 g/mol. The van der Waals surface area contributed by atoms with Crippen LogP contribution in [0.15, 0.2) is 12.2 Å². The van der Waals surface area contributed by atoms with Gasteiger partial charge in [-0.2, -0.15) is 0 Å². The summed E-state index contributed by atoms with van der Waals surface area (Å²) in [4.78, 5) is 12.9. The standard InChI is InChI=1S/C20H28O2/c1-2-20(11-14-10-18(20)16-5-3-4-15(14)16)22-19(21)17-9-12-6-7-13(17)8-12/h6-7,12-18H,2-5,8-11H2,1H3/t12-,13+,14+,15?,16?,17?,18+,20?/m1/s1. The molecule has 0 aromatic carbocycles. The zero-order chi connectivity index (χ0) is 14.9. The summed E-state index contributed by atoms with van der Waals surface area (Å²) in [7, 11) is 0. The minimum atomic E-state index is -0.0984. The van der Waals surface area contributed by atoms with Crippen molar-refractivity contribution < 1.29 is 9.53 Å². The van der Waals surface area contributed by atoms with Gasteiger partial charge in [0.05, 0.1) is 5.92 Å². The Kier molecular flexibility index (Phi) is 2.86. The SMILES string of the molecule is CCC1(OC(=O)C2C[C@@H]3C=C[C@H]2C3)C[C@@H]2C[C@H]1C1CCCC12. The van der Waals surface area contributed by atoms with Gasteiger partial charge in [-0.05, 0) is 74.5 Å². The molecule has 0 amide bonds. The van der Waals surface area contributed by atoms with Crippen molar-refractivity contribution in [3.8, 4) is 0 Å². The zero-order valence-corrected chi connectivity index (χ0v) is 13.7. The van der Waals surface area contributed by atoms with Gasteiger partial charge in [0.15, 0.2) is 0 Å². The van der Waals surface area contributed by atoms with Crippen LogP contribution in [0.4, 0.5) is 0 Å². The third-order valence-electron chi connectivity index (χ3n) is 8.07. The van der Waals surface area contributed by atoms with Crippen LogP contribution in [0, 0.1) is 41.4 Å². The van der Waals surface area contributed by atoms with Crippen LogP contribution in [0.5, 0.6) is 0 Å². The van der Waals surface area contributed by atoms with Gasteiger partial charge in [-0.1, -0.05) is 25.5 Å². The molecule has 0 spiro atoms. The van der Waals surface area contributed by atoms with Crippen molar-refractivity contribution in [2.45, 2.75) is 63.9 Å². The maximum atomic E-state index is 12.9. The molecular formula is C20H28O2. The number of allylic oxidation sites excluding steroid dienone is 2. The number of ether oxygens (including phenoxy) is 1. The molecule has 0 saturated heterocycles. The molecule has 22 heavy (non-hydrogen) atoms. The number of carbonyl (C=O) groups is 1. The normalized spacial score (nSPS) is 54.1. The molecule has 5 rings (SSSR count). The van der Waals surface area contributed by atoms with Crippen LogP contribution in [-0.4, -0.2) is 11.6 Å². The van der Waals surface area contributed by atoms with Gasteiger partial charge in [0, 0.05) is 5.92 Å². The zero-order valence-electron chi connectivity index (χ0n) is 13.7. The highest BCUT2D eigenvalue weighted by Gasteiger charge is 2.62. The molecule has 4 bridgehead atoms. The average molecular weight is 300 g/mol. The Bertz CT molecular complexity index is 524. The van der Waals surface area contributed by atoms with Gasteiger partial charge < -0.3 is 4.74 Å². The van der Waals surface area contributed by atoms with Crippen molar-refractivity contribution in [2.24, 2.45) is 41.4 Å². The molecule has 8 atom stereocenters. The summed E-state index contributed by atoms with van der Waals surface area (Å²) in [5, 5.41) is 0. The summed E-state index contributed by atoms with van der Waals surface area (Å²) in [5.74, 6) is 4.79. The van der Waals surface area contributed by atoms with E-state index in [9.17, 15) is 4.79 Å². The smallest absolute Gasteiger partial charge is 0.310 e. The van der Waals surface area contributed by atoms with Gasteiger partial charge in [-0.3, -0.25) is 4.79 Å². The van der Waals surface area contributed by atoms with E-state index in [4.69, 9.17) is 4.74 Å². The maximum Gasteiger partial charge on any atom is 0.310 e. The Balaban J connectivity index is 1.35. The van der Waals surface area contributed by atoms with Gasteiger partial charge in [0.25, 0.3) is 0 Å². The first-order valence-corrected chi connectivity index (χ1v) is 9.61. The fraction of sp³-hybridized carbons (Fsp3) is 0.850. The number of hydrogen-bond donors (Lipinski definition) is 0. The molecule has 4 fully saturated rings. The third-order valence-corrected chi connectivity index (χ3v) is 8.07. The molecule has 120 valence electrons. The predicted molar refractivity (Wildman–Crippen MR) is 85.0 cm³/mol. The lowest BCUT2D eigenvalue weighted by Gasteiger charge is -2.42. The fourth-order valence-corrected chi connectivity index (χ4v) is 7.14. The first kappa shape index (κ1) is 13.6. The molecule has 0 heterocycles. The monoisotopic (exact) mass is 300 g/mol. The van der Waals surface area contributed by atoms with Crippen molar-refractivity contribution in [1.82, 2.24) is 0 Å². The number of esters is 1. The second-order valence-corrected chi connectivity index (χ2v) is 8.79. The van der Waals surface area contributed by atoms with Crippen molar-refractivity contribution >= 4 is 5.97 Å². The molecule has 0 aromatic heterocycles. The van der Waals surface area contributed by atoms with E-state index in [1.165, 1.54) is 32.1 Å². The van der Waals surface area contributed by atoms with Crippen molar-refractivity contribution in [2.75, 3.05) is 0 Å². The topological polar surface area (TPSA) is 26.3 Å². The Morgan fingerprint density at radius 3 is 2.77 bits per heavy atom. The highest BCUT2D eigenvalue weighted by Crippen LogP contribution is 2.64. The van der Waals surface area contributed by atoms with Gasteiger partial charge in [-0.25, -0.2) is 0 Å². The summed E-state index contributed by atoms with van der Waals surface area (Å²) >= 11 is 0. The molecule has 4 saturated carbocycles. The first-order valence-electron chi connectivity index (χ1n) is 9.61. The molecule has 4 unspecified atom stereocenters. The van der Waals surface area contributed by atoms with E-state index >= 15 is 0 Å². The minimum Gasteiger partial charge on any atom is -0.459 e. The molecule has 0 aromatic rings. The number of rotatable bonds is 3. The molecule has 5 aliphatic carbocycles. The lowest BCUT2D eigenvalue weighted by atomic mass is 9.71. The van der Waals surface area contributed by atoms with Crippen molar-refractivity contribution in [3.63, 3.8) is 0 Å². The maximum absolute atomic E-state index is 12.9. The van der Waals surface area contributed by atoms with Crippen molar-refractivity contribution in [1.29, 1.82) is 0 Å². The summed E-state index contributed by atoms with van der Waals surface area (Å²) in [6.07, 6.45) is 14.6. The predicted octanol–water partition coefficient (Wildman–Crippen LogP) is 4.35. The Morgan fingerprint density at radius 2 is 2.05 bits per heavy atom. The van der Waals surface area contributed by atoms with Gasteiger partial charge >= 0.3 is 5.97 Å². The lowest BCUT2D eigenvalue weighted by Crippen LogP contribution is -2.46. The molecule has 2 heteroatoms. The minimum absolute atomic E-state index is 0.0984. The van der Waals surface area contributed by atoms with Gasteiger partial charge in [0.2, 0.25) is 0 Å². The summed E-state index contributed by atoms with van der Waals surface area (Å²) in [6.45, 7) is 2.25. The lowest BCUT2D eigenvalue weighted by molar-refractivity contribution is -0.176. The van der Waals surface area contributed by atoms with Gasteiger partial charge in [0.1, 0.15) is 5.60 Å². The van der Waals surface area contributed by atoms with Gasteiger partial charge in [-0.15, -0.1) is 0 Å². The summed E-state index contributed by atoms with van der Waals surface area (Å²) in [5.41, 5.74) is -0.0984. The van der Waals surface area contributed by atoms with Crippen LogP contribution >= 0.6 is 0 Å². The Labute approximate surface area is 133 Å². The number of carbonyl (C=O) groups excluding carboxylic acids is 1. The van der Waals surface area contributed by atoms with E-state index in [-0.39, 0.29) is 17.5 Å². The van der Waals surface area contributed by atoms with Crippen molar-refractivity contribution in [3.05, 3.63) is 12.2 Å². The van der Waals surface area contributed by atoms with E-state index in [1.54, 1.807) is 0 Å². The van der Waals surface area contributed by atoms with Crippen LogP contribution in [-0.2, 0) is 9.53 Å². The second kappa shape index (κ2) is 4.61. The van der Waals surface area contributed by atoms with Crippen LogP contribution in [0.3, 0.4) is 0 Å². The summed E-state index contributed by atoms with van der Waals surface area (Å²) < 4.78 is 6.35. The second-order valence-electron chi connectivity index (χ2n) is 8.79. The molecule has 5 aliphatic rings. The first-order chi connectivity index (χ1) is 10.7. The van der Waals surface area contributed by atoms with E-state index in [2.05, 4.69) is 19.1 Å². The Hall–Kier alpha value is -0.790. The number of hydrogen-bond acceptors (Lipinski definition) is 2. The van der Waals surface area contributed by atoms with Crippen LogP contribution in [0.1, 0.15) is 58.3 Å². The quantitative estimate of drug-likeness (QED) is 0.572. The highest BCUT2D eigenvalue weighted by molar-refractivity contribution is 5.74. The average Bonchev–Trinajstić information content (AvgIpc) is 3.29. The third kappa shape index (κ3) is 1.70. The molecule has 2 nitrogen and oxygen atoms in total.